The molecule has 0 aliphatic carbocycles. The maximum Gasteiger partial charge on any atom is 0.255 e. The zero-order valence-electron chi connectivity index (χ0n) is 12.5. The number of nitrogens with two attached hydrogens (primary N) is 2. The number of furan rings is 1. The number of pyridine rings is 1. The van der Waals surface area contributed by atoms with Gasteiger partial charge in [-0.15, -0.1) is 0 Å². The van der Waals surface area contributed by atoms with Gasteiger partial charge in [-0.25, -0.2) is 4.98 Å². The average Bonchev–Trinajstić information content (AvgIpc) is 2.94. The van der Waals surface area contributed by atoms with Crippen molar-refractivity contribution in [3.63, 3.8) is 0 Å². The van der Waals surface area contributed by atoms with Crippen LogP contribution in [0.25, 0.3) is 11.0 Å². The fourth-order valence-corrected chi connectivity index (χ4v) is 2.23. The molecule has 0 aliphatic rings. The summed E-state index contributed by atoms with van der Waals surface area (Å²) in [5.41, 5.74) is 12.2. The van der Waals surface area contributed by atoms with E-state index in [9.17, 15) is 4.79 Å². The van der Waals surface area contributed by atoms with Gasteiger partial charge in [0, 0.05) is 11.5 Å². The van der Waals surface area contributed by atoms with Crippen LogP contribution in [0.5, 0.6) is 5.75 Å². The maximum atomic E-state index is 12.1. The van der Waals surface area contributed by atoms with Gasteiger partial charge in [-0.3, -0.25) is 4.79 Å². The third kappa shape index (κ3) is 3.03. The van der Waals surface area contributed by atoms with E-state index in [4.69, 9.17) is 20.6 Å². The van der Waals surface area contributed by atoms with E-state index in [0.29, 0.717) is 17.1 Å². The predicted octanol–water partition coefficient (Wildman–Crippen LogP) is 1.93. The summed E-state index contributed by atoms with van der Waals surface area (Å²) in [6, 6.07) is 10.5. The number of carbonyl (C=O) groups is 1. The van der Waals surface area contributed by atoms with Crippen molar-refractivity contribution in [2.24, 2.45) is 0 Å². The normalized spacial score (nSPS) is 10.7. The van der Waals surface area contributed by atoms with Crippen molar-refractivity contribution in [2.75, 3.05) is 18.6 Å². The Morgan fingerprint density at radius 3 is 2.83 bits per heavy atom. The number of carbonyl (C=O) groups excluding carboxylic acids is 1. The third-order valence-electron chi connectivity index (χ3n) is 3.39. The van der Waals surface area contributed by atoms with E-state index in [2.05, 4.69) is 10.3 Å². The Morgan fingerprint density at radius 1 is 1.26 bits per heavy atom. The molecular weight excluding hydrogens is 296 g/mol. The van der Waals surface area contributed by atoms with Gasteiger partial charge >= 0.3 is 0 Å². The van der Waals surface area contributed by atoms with E-state index in [1.54, 1.807) is 13.2 Å². The van der Waals surface area contributed by atoms with Gasteiger partial charge in [0.15, 0.2) is 0 Å². The number of aromatic nitrogens is 1. The highest BCUT2D eigenvalue weighted by Gasteiger charge is 2.12. The Morgan fingerprint density at radius 2 is 2.09 bits per heavy atom. The lowest BCUT2D eigenvalue weighted by atomic mass is 10.2. The molecule has 3 aromatic rings. The second-order valence-electron chi connectivity index (χ2n) is 4.97. The Labute approximate surface area is 132 Å². The van der Waals surface area contributed by atoms with Crippen molar-refractivity contribution in [3.05, 3.63) is 47.7 Å². The number of rotatable bonds is 4. The molecule has 7 nitrogen and oxygen atoms in total. The van der Waals surface area contributed by atoms with Crippen LogP contribution in [0.3, 0.4) is 0 Å². The molecule has 2 heterocycles. The van der Waals surface area contributed by atoms with Crippen molar-refractivity contribution >= 4 is 28.5 Å². The lowest BCUT2D eigenvalue weighted by molar-refractivity contribution is 0.0949. The van der Waals surface area contributed by atoms with E-state index < -0.39 is 0 Å². The summed E-state index contributed by atoms with van der Waals surface area (Å²) in [6.45, 7) is 0.236. The number of ether oxygens (including phenoxy) is 1. The smallest absolute Gasteiger partial charge is 0.255 e. The van der Waals surface area contributed by atoms with Gasteiger partial charge in [0.25, 0.3) is 5.91 Å². The number of nitrogen functional groups attached to an aromatic ring is 2. The number of amides is 1. The fourth-order valence-electron chi connectivity index (χ4n) is 2.23. The van der Waals surface area contributed by atoms with Gasteiger partial charge in [-0.1, -0.05) is 0 Å². The summed E-state index contributed by atoms with van der Waals surface area (Å²) < 4.78 is 10.8. The minimum atomic E-state index is -0.340. The first-order chi connectivity index (χ1) is 11.1. The minimum absolute atomic E-state index is 0.0943. The highest BCUT2D eigenvalue weighted by molar-refractivity contribution is 5.98. The lowest BCUT2D eigenvalue weighted by Gasteiger charge is -2.06. The summed E-state index contributed by atoms with van der Waals surface area (Å²) in [6.07, 6.45) is 0. The van der Waals surface area contributed by atoms with Crippen LogP contribution >= 0.6 is 0 Å². The number of methoxy groups -OCH3 is 1. The maximum absolute atomic E-state index is 12.1. The molecule has 1 aromatic carbocycles. The molecule has 0 unspecified atom stereocenters. The number of fused-ring (bicyclic) bond motifs is 1. The molecule has 0 bridgehead atoms. The number of hydrogen-bond acceptors (Lipinski definition) is 6. The largest absolute Gasteiger partial charge is 0.497 e. The predicted molar refractivity (Wildman–Crippen MR) is 87.0 cm³/mol. The second kappa shape index (κ2) is 5.88. The zero-order valence-corrected chi connectivity index (χ0v) is 12.5. The highest BCUT2D eigenvalue weighted by Crippen LogP contribution is 2.24. The van der Waals surface area contributed by atoms with Gasteiger partial charge in [-0.05, 0) is 30.3 Å². The first-order valence-electron chi connectivity index (χ1n) is 6.93. The number of nitrogens with one attached hydrogen (secondary N) is 1. The number of benzene rings is 1. The van der Waals surface area contributed by atoms with Crippen molar-refractivity contribution in [1.29, 1.82) is 0 Å². The highest BCUT2D eigenvalue weighted by atomic mass is 16.5. The molecular formula is C16H16N4O3. The lowest BCUT2D eigenvalue weighted by Crippen LogP contribution is -2.24. The van der Waals surface area contributed by atoms with Crippen LogP contribution in [0, 0.1) is 0 Å². The van der Waals surface area contributed by atoms with Crippen LogP contribution in [0.1, 0.15) is 16.1 Å². The number of hydrogen-bond donors (Lipinski definition) is 3. The molecule has 23 heavy (non-hydrogen) atoms. The van der Waals surface area contributed by atoms with E-state index in [1.807, 2.05) is 18.2 Å². The van der Waals surface area contributed by atoms with Crippen LogP contribution in [-0.2, 0) is 6.54 Å². The summed E-state index contributed by atoms with van der Waals surface area (Å²) in [7, 11) is 1.59. The molecule has 0 fully saturated rings. The number of anilines is 2. The molecule has 0 saturated heterocycles. The third-order valence-corrected chi connectivity index (χ3v) is 3.39. The van der Waals surface area contributed by atoms with Crippen LogP contribution < -0.4 is 21.5 Å². The average molecular weight is 312 g/mol. The second-order valence-corrected chi connectivity index (χ2v) is 4.97. The molecule has 0 spiro atoms. The van der Waals surface area contributed by atoms with Crippen LogP contribution in [0.4, 0.5) is 11.6 Å². The molecule has 0 atom stereocenters. The standard InChI is InChI=1S/C16H16N4O3/c1-22-10-3-2-9-6-11(23-13(9)7-10)8-19-16(21)12-4-5-14(17)20-15(12)18/h2-7H,8H2,1H3,(H,19,21)(H4,17,18,20). The molecule has 0 radical (unpaired) electrons. The Balaban J connectivity index is 1.73. The molecule has 2 aromatic heterocycles. The summed E-state index contributed by atoms with van der Waals surface area (Å²) >= 11 is 0. The first kappa shape index (κ1) is 14.7. The number of nitrogens with zero attached hydrogens (tertiary/aromatic N) is 1. The Kier molecular flexibility index (Phi) is 3.76. The monoisotopic (exact) mass is 312 g/mol. The molecule has 0 aliphatic heterocycles. The molecule has 7 heteroatoms. The molecule has 3 rings (SSSR count). The molecule has 5 N–H and O–H groups in total. The van der Waals surface area contributed by atoms with Gasteiger partial charge in [0.1, 0.15) is 28.7 Å². The van der Waals surface area contributed by atoms with Crippen molar-refractivity contribution < 1.29 is 13.9 Å². The zero-order chi connectivity index (χ0) is 16.4. The Hall–Kier alpha value is -3.22. The molecule has 1 amide bonds. The summed E-state index contributed by atoms with van der Waals surface area (Å²) in [5.74, 6) is 1.36. The quantitative estimate of drug-likeness (QED) is 0.678. The van der Waals surface area contributed by atoms with E-state index >= 15 is 0 Å². The molecule has 118 valence electrons. The summed E-state index contributed by atoms with van der Waals surface area (Å²) in [4.78, 5) is 16.0. The fraction of sp³-hybridized carbons (Fsp3) is 0.125. The van der Waals surface area contributed by atoms with Crippen LogP contribution in [0.15, 0.2) is 40.8 Å². The van der Waals surface area contributed by atoms with Crippen LogP contribution in [0.2, 0.25) is 0 Å². The first-order valence-corrected chi connectivity index (χ1v) is 6.93. The van der Waals surface area contributed by atoms with E-state index in [-0.39, 0.29) is 29.7 Å². The van der Waals surface area contributed by atoms with Crippen LogP contribution in [-0.4, -0.2) is 18.0 Å². The summed E-state index contributed by atoms with van der Waals surface area (Å²) in [5, 5.41) is 3.67. The molecule has 0 saturated carbocycles. The van der Waals surface area contributed by atoms with Gasteiger partial charge in [-0.2, -0.15) is 0 Å². The van der Waals surface area contributed by atoms with Gasteiger partial charge in [0.05, 0.1) is 19.2 Å². The van der Waals surface area contributed by atoms with Crippen molar-refractivity contribution in [2.45, 2.75) is 6.54 Å². The SMILES string of the molecule is COc1ccc2cc(CNC(=O)c3ccc(N)nc3N)oc2c1. The topological polar surface area (TPSA) is 116 Å². The Bertz CT molecular complexity index is 873. The van der Waals surface area contributed by atoms with E-state index in [1.165, 1.54) is 12.1 Å². The van der Waals surface area contributed by atoms with E-state index in [0.717, 1.165) is 5.39 Å². The minimum Gasteiger partial charge on any atom is -0.497 e. The van der Waals surface area contributed by atoms with Crippen molar-refractivity contribution in [3.8, 4) is 5.75 Å². The van der Waals surface area contributed by atoms with Crippen molar-refractivity contribution in [1.82, 2.24) is 10.3 Å². The van der Waals surface area contributed by atoms with Gasteiger partial charge < -0.3 is 25.9 Å². The van der Waals surface area contributed by atoms with Gasteiger partial charge in [0.2, 0.25) is 0 Å².